The lowest BCUT2D eigenvalue weighted by molar-refractivity contribution is 0.362. The fourth-order valence-electron chi connectivity index (χ4n) is 4.97. The monoisotopic (exact) mass is 1070 g/mol. The predicted octanol–water partition coefficient (Wildman–Crippen LogP) is 12.9. The van der Waals surface area contributed by atoms with E-state index in [0.29, 0.717) is 0 Å². The van der Waals surface area contributed by atoms with E-state index >= 15 is 0 Å². The zero-order chi connectivity index (χ0) is 46.4. The van der Waals surface area contributed by atoms with Crippen molar-refractivity contribution in [3.63, 3.8) is 0 Å². The number of nitrogen functional groups attached to an aromatic ring is 4. The summed E-state index contributed by atoms with van der Waals surface area (Å²) >= 11 is 56.4. The van der Waals surface area contributed by atoms with E-state index < -0.39 is 160 Å². The fourth-order valence-corrected chi connectivity index (χ4v) is 8.43. The van der Waals surface area contributed by atoms with Gasteiger partial charge in [0.2, 0.25) is 7.59 Å². The Morgan fingerprint density at radius 3 is 0.508 bits per heavy atom. The first-order valence-corrected chi connectivity index (χ1v) is 17.6. The number of halogens is 26. The highest BCUT2D eigenvalue weighted by Crippen LogP contribution is 2.65. The van der Waals surface area contributed by atoms with Crippen LogP contribution in [-0.4, -0.2) is 7.59 Å². The first kappa shape index (κ1) is 51.2. The number of hydrogen-bond acceptors (Lipinski definition) is 4. The third-order valence-electron chi connectivity index (χ3n) is 7.81. The van der Waals surface area contributed by atoms with Gasteiger partial charge in [-0.25, -0.2) is 70.2 Å². The van der Waals surface area contributed by atoms with Gasteiger partial charge < -0.3 is 22.9 Å². The zero-order valence-electron chi connectivity index (χ0n) is 26.6. The topological polar surface area (TPSA) is 104 Å². The van der Waals surface area contributed by atoms with Crippen molar-refractivity contribution in [1.29, 1.82) is 0 Å². The molecule has 0 aliphatic heterocycles. The van der Waals surface area contributed by atoms with Gasteiger partial charge in [0, 0.05) is 11.1 Å². The Labute approximate surface area is 366 Å². The molecule has 4 aromatic rings. The van der Waals surface area contributed by atoms with Crippen molar-refractivity contribution in [2.45, 2.75) is 21.7 Å². The van der Waals surface area contributed by atoms with Gasteiger partial charge in [0.15, 0.2) is 102 Å². The van der Waals surface area contributed by atoms with Gasteiger partial charge in [-0.15, -0.1) is 0 Å². The number of hydrogen-bond donors (Lipinski definition) is 4. The van der Waals surface area contributed by atoms with Crippen molar-refractivity contribution < 1.29 is 70.2 Å². The molecule has 0 aliphatic rings. The van der Waals surface area contributed by atoms with E-state index in [-0.39, 0.29) is 0 Å². The molecule has 4 nitrogen and oxygen atoms in total. The minimum Gasteiger partial charge on any atom is -0.394 e. The molecular weight excluding hydrogens is 1060 g/mol. The second-order valence-corrected chi connectivity index (χ2v) is 18.3. The Morgan fingerprint density at radius 1 is 0.237 bits per heavy atom. The SMILES string of the molecule is Nc1c(F)c(F)c(C(Cl)(Cl)C(Cl)(Cl)c2c(F)c(F)c(N)c(F)c2F)c(F)c1F.Nc1c(F)c(F)c(C(c2c(F)c(F)c(N)c(F)c2F)(C(Cl)(Cl)Cl)C(Cl)(Cl)Cl)c(F)c1F. The summed E-state index contributed by atoms with van der Waals surface area (Å²) in [6, 6.07) is 0. The molecule has 0 bridgehead atoms. The highest BCUT2D eigenvalue weighted by atomic mass is 35.6. The fraction of sp³-hybridized carbons (Fsp3) is 0.172. The van der Waals surface area contributed by atoms with Crippen molar-refractivity contribution in [3.05, 3.63) is 115 Å². The van der Waals surface area contributed by atoms with Crippen LogP contribution in [-0.2, 0) is 14.1 Å². The molecule has 0 atom stereocenters. The van der Waals surface area contributed by atoms with Gasteiger partial charge in [-0.3, -0.25) is 0 Å². The van der Waals surface area contributed by atoms with Crippen LogP contribution in [0.4, 0.5) is 93.0 Å². The molecule has 0 spiro atoms. The van der Waals surface area contributed by atoms with E-state index in [0.717, 1.165) is 0 Å². The summed E-state index contributed by atoms with van der Waals surface area (Å²) in [6.07, 6.45) is 0. The molecular formula is C29H8Cl10F16N4. The van der Waals surface area contributed by atoms with Crippen molar-refractivity contribution in [2.24, 2.45) is 0 Å². The molecule has 0 heterocycles. The molecule has 0 radical (unpaired) electrons. The van der Waals surface area contributed by atoms with Gasteiger partial charge in [-0.1, -0.05) is 116 Å². The van der Waals surface area contributed by atoms with Crippen molar-refractivity contribution in [3.8, 4) is 0 Å². The van der Waals surface area contributed by atoms with E-state index in [2.05, 4.69) is 0 Å². The smallest absolute Gasteiger partial charge is 0.208 e. The summed E-state index contributed by atoms with van der Waals surface area (Å²) in [6.45, 7) is 0. The second kappa shape index (κ2) is 16.9. The van der Waals surface area contributed by atoms with Gasteiger partial charge in [0.25, 0.3) is 0 Å². The van der Waals surface area contributed by atoms with Crippen molar-refractivity contribution in [2.75, 3.05) is 22.9 Å². The van der Waals surface area contributed by atoms with Crippen LogP contribution in [0, 0.1) is 93.1 Å². The summed E-state index contributed by atoms with van der Waals surface area (Å²) in [7, 11) is 0. The Hall–Kier alpha value is -2.14. The summed E-state index contributed by atoms with van der Waals surface area (Å²) in [5.74, 6) is -37.7. The lowest BCUT2D eigenvalue weighted by Crippen LogP contribution is -2.54. The Kier molecular flexibility index (Phi) is 14.6. The average Bonchev–Trinajstić information content (AvgIpc) is 3.13. The van der Waals surface area contributed by atoms with Crippen molar-refractivity contribution >= 4 is 139 Å². The lowest BCUT2D eigenvalue weighted by Gasteiger charge is -2.45. The van der Waals surface area contributed by atoms with Crippen LogP contribution in [0.15, 0.2) is 0 Å². The Bertz CT molecular complexity index is 2130. The van der Waals surface area contributed by atoms with E-state index in [1.807, 2.05) is 0 Å². The normalized spacial score (nSPS) is 12.8. The van der Waals surface area contributed by atoms with E-state index in [9.17, 15) is 70.2 Å². The number of nitrogens with two attached hydrogens (primary N) is 4. The van der Waals surface area contributed by atoms with Crippen LogP contribution in [0.2, 0.25) is 0 Å². The zero-order valence-corrected chi connectivity index (χ0v) is 34.2. The van der Waals surface area contributed by atoms with Crippen LogP contribution in [0.3, 0.4) is 0 Å². The molecule has 0 amide bonds. The molecule has 59 heavy (non-hydrogen) atoms. The Balaban J connectivity index is 0.000000317. The van der Waals surface area contributed by atoms with Gasteiger partial charge >= 0.3 is 0 Å². The highest BCUT2D eigenvalue weighted by molar-refractivity contribution is 6.74. The quantitative estimate of drug-likeness (QED) is 0.0692. The number of alkyl halides is 10. The van der Waals surface area contributed by atoms with Crippen LogP contribution in [0.25, 0.3) is 0 Å². The first-order valence-electron chi connectivity index (χ1n) is 13.8. The summed E-state index contributed by atoms with van der Waals surface area (Å²) in [4.78, 5) is 0. The minimum atomic E-state index is -4.11. The molecule has 0 unspecified atom stereocenters. The van der Waals surface area contributed by atoms with E-state index in [1.165, 1.54) is 0 Å². The summed E-state index contributed by atoms with van der Waals surface area (Å²) in [5.41, 5.74) is 0.0355. The third kappa shape index (κ3) is 7.72. The maximum atomic E-state index is 14.8. The maximum absolute atomic E-state index is 14.8. The standard InChI is InChI=1S/C15H4Cl6F8N2.C14H4Cl4F8N2/c16-14(17,18)13(15(19,20)21,1-3(22)7(26)11(30)8(27)4(1)23)2-5(24)9(28)12(31)10(29)6(2)25;15-13(16,1-3(19)7(23)11(27)8(24)4(1)20)14(17,18)2-5(21)9(25)12(28)10(26)6(2)22/h30-31H2;27-28H2. The second-order valence-electron chi connectivity index (χ2n) is 11.1. The average molecular weight is 1070 g/mol. The van der Waals surface area contributed by atoms with Gasteiger partial charge in [0.1, 0.15) is 28.2 Å². The third-order valence-corrected chi connectivity index (χ3v) is 11.8. The van der Waals surface area contributed by atoms with Gasteiger partial charge in [0.05, 0.1) is 11.1 Å². The van der Waals surface area contributed by atoms with Crippen LogP contribution in [0.1, 0.15) is 22.3 Å². The molecule has 0 saturated carbocycles. The molecule has 0 saturated heterocycles. The first-order chi connectivity index (χ1) is 26.5. The molecule has 326 valence electrons. The number of benzene rings is 4. The highest BCUT2D eigenvalue weighted by Gasteiger charge is 2.68. The summed E-state index contributed by atoms with van der Waals surface area (Å²) < 4.78 is 213. The number of rotatable bonds is 5. The predicted molar refractivity (Wildman–Crippen MR) is 191 cm³/mol. The molecule has 0 aliphatic carbocycles. The molecule has 4 aromatic carbocycles. The molecule has 8 N–H and O–H groups in total. The van der Waals surface area contributed by atoms with Crippen LogP contribution < -0.4 is 22.9 Å². The maximum Gasteiger partial charge on any atom is 0.208 e. The minimum absolute atomic E-state index is 1.63. The molecule has 0 aromatic heterocycles. The Morgan fingerprint density at radius 2 is 0.373 bits per heavy atom. The van der Waals surface area contributed by atoms with Crippen LogP contribution >= 0.6 is 116 Å². The lowest BCUT2D eigenvalue weighted by atomic mass is 9.74. The summed E-state index contributed by atoms with van der Waals surface area (Å²) in [5, 5.41) is 0. The van der Waals surface area contributed by atoms with Gasteiger partial charge in [-0.05, 0) is 0 Å². The molecule has 0 fully saturated rings. The van der Waals surface area contributed by atoms with Crippen LogP contribution in [0.5, 0.6) is 0 Å². The largest absolute Gasteiger partial charge is 0.394 e. The molecule has 4 rings (SSSR count). The van der Waals surface area contributed by atoms with E-state index in [4.69, 9.17) is 139 Å². The van der Waals surface area contributed by atoms with Crippen molar-refractivity contribution in [1.82, 2.24) is 0 Å². The molecule has 30 heteroatoms. The van der Waals surface area contributed by atoms with E-state index in [1.54, 1.807) is 0 Å². The van der Waals surface area contributed by atoms with Gasteiger partial charge in [-0.2, -0.15) is 0 Å². The number of anilines is 4.